The van der Waals surface area contributed by atoms with E-state index in [1.54, 1.807) is 19.0 Å². The molecule has 8 heteroatoms. The van der Waals surface area contributed by atoms with Crippen molar-refractivity contribution >= 4 is 29.4 Å². The summed E-state index contributed by atoms with van der Waals surface area (Å²) in [6, 6.07) is 7.58. The maximum Gasteiger partial charge on any atom is 0.311 e. The molecule has 0 bridgehead atoms. The first kappa shape index (κ1) is 20.4. The standard InChI is InChI=1S/C19H25N3O5/c1-4-13-7-5-6-8-15(13)22-11-14(9-17(22)24)19(26)27-12-16(23)20-10-18(25)21(2)3/h5-8,14H,4,9-12H2,1-3H3,(H,20,23)/t14-/m0/s1. The molecule has 1 atom stereocenters. The summed E-state index contributed by atoms with van der Waals surface area (Å²) in [5.41, 5.74) is 1.84. The maximum absolute atomic E-state index is 12.3. The number of aryl methyl sites for hydroxylation is 1. The largest absolute Gasteiger partial charge is 0.455 e. The maximum atomic E-state index is 12.3. The van der Waals surface area contributed by atoms with Gasteiger partial charge in [-0.25, -0.2) is 0 Å². The van der Waals surface area contributed by atoms with Gasteiger partial charge in [0.1, 0.15) is 0 Å². The van der Waals surface area contributed by atoms with Crippen molar-refractivity contribution in [2.75, 3.05) is 38.7 Å². The third-order valence-corrected chi connectivity index (χ3v) is 4.40. The zero-order valence-corrected chi connectivity index (χ0v) is 15.9. The average Bonchev–Trinajstić information content (AvgIpc) is 3.05. The molecule has 0 saturated carbocycles. The van der Waals surface area contributed by atoms with E-state index in [0.29, 0.717) is 0 Å². The summed E-state index contributed by atoms with van der Waals surface area (Å²) in [5.74, 6) is -2.16. The van der Waals surface area contributed by atoms with Crippen molar-refractivity contribution in [2.45, 2.75) is 19.8 Å². The number of likely N-dealkylation sites (N-methyl/N-ethyl adjacent to an activating group) is 1. The second-order valence-corrected chi connectivity index (χ2v) is 6.56. The molecule has 0 aromatic heterocycles. The minimum atomic E-state index is -0.612. The molecule has 1 aliphatic rings. The van der Waals surface area contributed by atoms with E-state index >= 15 is 0 Å². The van der Waals surface area contributed by atoms with Crippen LogP contribution >= 0.6 is 0 Å². The van der Waals surface area contributed by atoms with Crippen LogP contribution < -0.4 is 10.2 Å². The van der Waals surface area contributed by atoms with Crippen LogP contribution in [0, 0.1) is 5.92 Å². The van der Waals surface area contributed by atoms with Crippen molar-refractivity contribution in [3.05, 3.63) is 29.8 Å². The van der Waals surface area contributed by atoms with Gasteiger partial charge < -0.3 is 19.9 Å². The highest BCUT2D eigenvalue weighted by atomic mass is 16.5. The summed E-state index contributed by atoms with van der Waals surface area (Å²) in [5, 5.41) is 2.38. The van der Waals surface area contributed by atoms with Crippen molar-refractivity contribution in [3.63, 3.8) is 0 Å². The lowest BCUT2D eigenvalue weighted by Crippen LogP contribution is -2.38. The molecule has 1 heterocycles. The number of benzene rings is 1. The third-order valence-electron chi connectivity index (χ3n) is 4.40. The lowest BCUT2D eigenvalue weighted by molar-refractivity contribution is -0.152. The van der Waals surface area contributed by atoms with E-state index in [1.807, 2.05) is 31.2 Å². The number of esters is 1. The van der Waals surface area contributed by atoms with E-state index < -0.39 is 24.4 Å². The molecule has 1 N–H and O–H groups in total. The van der Waals surface area contributed by atoms with Gasteiger partial charge in [-0.3, -0.25) is 19.2 Å². The van der Waals surface area contributed by atoms with Gasteiger partial charge in [0.2, 0.25) is 11.8 Å². The van der Waals surface area contributed by atoms with Gasteiger partial charge in [-0.1, -0.05) is 25.1 Å². The number of rotatable bonds is 7. The molecule has 146 valence electrons. The van der Waals surface area contributed by atoms with Gasteiger partial charge in [0, 0.05) is 32.7 Å². The third kappa shape index (κ3) is 5.29. The minimum absolute atomic E-state index is 0.0532. The molecule has 0 spiro atoms. The second-order valence-electron chi connectivity index (χ2n) is 6.56. The summed E-state index contributed by atoms with van der Waals surface area (Å²) in [6.07, 6.45) is 0.832. The molecule has 1 fully saturated rings. The molecule has 3 amide bonds. The van der Waals surface area contributed by atoms with Crippen LogP contribution in [0.4, 0.5) is 5.69 Å². The molecule has 0 aliphatic carbocycles. The van der Waals surface area contributed by atoms with Crippen LogP contribution in [-0.2, 0) is 30.3 Å². The van der Waals surface area contributed by atoms with Gasteiger partial charge in [0.15, 0.2) is 6.61 Å². The van der Waals surface area contributed by atoms with Crippen LogP contribution in [0.2, 0.25) is 0 Å². The van der Waals surface area contributed by atoms with Crippen molar-refractivity contribution < 1.29 is 23.9 Å². The number of ether oxygens (including phenoxy) is 1. The van der Waals surface area contributed by atoms with Crippen molar-refractivity contribution in [1.29, 1.82) is 0 Å². The van der Waals surface area contributed by atoms with E-state index in [0.717, 1.165) is 17.7 Å². The SMILES string of the molecule is CCc1ccccc1N1C[C@@H](C(=O)OCC(=O)NCC(=O)N(C)C)CC1=O. The Morgan fingerprint density at radius 2 is 1.96 bits per heavy atom. The van der Waals surface area contributed by atoms with E-state index in [9.17, 15) is 19.2 Å². The van der Waals surface area contributed by atoms with E-state index in [1.165, 1.54) is 4.90 Å². The fraction of sp³-hybridized carbons (Fsp3) is 0.474. The number of amides is 3. The van der Waals surface area contributed by atoms with Crippen molar-refractivity contribution in [2.24, 2.45) is 5.92 Å². The van der Waals surface area contributed by atoms with Crippen LogP contribution in [0.15, 0.2) is 24.3 Å². The molecule has 1 aromatic carbocycles. The van der Waals surface area contributed by atoms with E-state index in [4.69, 9.17) is 4.74 Å². The first-order valence-electron chi connectivity index (χ1n) is 8.85. The summed E-state index contributed by atoms with van der Waals surface area (Å²) in [6.45, 7) is 1.60. The van der Waals surface area contributed by atoms with Crippen molar-refractivity contribution in [3.8, 4) is 0 Å². The Bertz CT molecular complexity index is 732. The number of hydrogen-bond donors (Lipinski definition) is 1. The Balaban J connectivity index is 1.87. The normalized spacial score (nSPS) is 16.2. The smallest absolute Gasteiger partial charge is 0.311 e. The molecule has 27 heavy (non-hydrogen) atoms. The molecule has 1 aromatic rings. The van der Waals surface area contributed by atoms with Gasteiger partial charge in [-0.2, -0.15) is 0 Å². The van der Waals surface area contributed by atoms with E-state index in [2.05, 4.69) is 5.32 Å². The zero-order chi connectivity index (χ0) is 20.0. The average molecular weight is 375 g/mol. The lowest BCUT2D eigenvalue weighted by Gasteiger charge is -2.19. The van der Waals surface area contributed by atoms with Crippen LogP contribution in [0.5, 0.6) is 0 Å². The van der Waals surface area contributed by atoms with Gasteiger partial charge in [0.05, 0.1) is 12.5 Å². The fourth-order valence-electron chi connectivity index (χ4n) is 2.81. The molecule has 1 saturated heterocycles. The molecule has 2 rings (SSSR count). The van der Waals surface area contributed by atoms with Crippen LogP contribution in [0.3, 0.4) is 0 Å². The van der Waals surface area contributed by atoms with Gasteiger partial charge in [0.25, 0.3) is 5.91 Å². The number of carbonyl (C=O) groups is 4. The van der Waals surface area contributed by atoms with Crippen LogP contribution in [0.25, 0.3) is 0 Å². The van der Waals surface area contributed by atoms with Crippen molar-refractivity contribution in [1.82, 2.24) is 10.2 Å². The molecule has 0 radical (unpaired) electrons. The number of anilines is 1. The predicted molar refractivity (Wildman–Crippen MR) is 98.9 cm³/mol. The molecule has 0 unspecified atom stereocenters. The summed E-state index contributed by atoms with van der Waals surface area (Å²) in [4.78, 5) is 50.6. The van der Waals surface area contributed by atoms with Gasteiger partial charge in [-0.05, 0) is 18.1 Å². The first-order valence-corrected chi connectivity index (χ1v) is 8.85. The Kier molecular flexibility index (Phi) is 6.92. The van der Waals surface area contributed by atoms with Gasteiger partial charge in [-0.15, -0.1) is 0 Å². The topological polar surface area (TPSA) is 96.0 Å². The first-order chi connectivity index (χ1) is 12.8. The minimum Gasteiger partial charge on any atom is -0.455 e. The summed E-state index contributed by atoms with van der Waals surface area (Å²) in [7, 11) is 3.15. The number of nitrogens with one attached hydrogen (secondary N) is 1. The Morgan fingerprint density at radius 1 is 1.26 bits per heavy atom. The number of para-hydroxylation sites is 1. The Labute approximate surface area is 158 Å². The monoisotopic (exact) mass is 375 g/mol. The molecular formula is C19H25N3O5. The molecular weight excluding hydrogens is 350 g/mol. The quantitative estimate of drug-likeness (QED) is 0.694. The Hall–Kier alpha value is -2.90. The highest BCUT2D eigenvalue weighted by Crippen LogP contribution is 2.28. The summed E-state index contributed by atoms with van der Waals surface area (Å²) >= 11 is 0. The van der Waals surface area contributed by atoms with Gasteiger partial charge >= 0.3 is 5.97 Å². The predicted octanol–water partition coefficient (Wildman–Crippen LogP) is 0.350. The highest BCUT2D eigenvalue weighted by molar-refractivity contribution is 6.00. The number of carbonyl (C=O) groups excluding carboxylic acids is 4. The van der Waals surface area contributed by atoms with E-state index in [-0.39, 0.29) is 31.3 Å². The second kappa shape index (κ2) is 9.16. The highest BCUT2D eigenvalue weighted by Gasteiger charge is 2.36. The van der Waals surface area contributed by atoms with Crippen LogP contribution in [-0.4, -0.2) is 62.4 Å². The fourth-order valence-corrected chi connectivity index (χ4v) is 2.81. The number of nitrogens with zero attached hydrogens (tertiary/aromatic N) is 2. The lowest BCUT2D eigenvalue weighted by atomic mass is 10.1. The molecule has 8 nitrogen and oxygen atoms in total. The summed E-state index contributed by atoms with van der Waals surface area (Å²) < 4.78 is 5.01. The Morgan fingerprint density at radius 3 is 2.63 bits per heavy atom. The number of hydrogen-bond acceptors (Lipinski definition) is 5. The molecule has 1 aliphatic heterocycles. The van der Waals surface area contributed by atoms with Crippen LogP contribution in [0.1, 0.15) is 18.9 Å². The zero-order valence-electron chi connectivity index (χ0n) is 15.9.